The van der Waals surface area contributed by atoms with E-state index in [1.165, 1.54) is 5.56 Å². The number of hydrogen-bond acceptors (Lipinski definition) is 4. The highest BCUT2D eigenvalue weighted by atomic mass is 16.3. The van der Waals surface area contributed by atoms with Crippen LogP contribution in [0.4, 0.5) is 5.69 Å². The fourth-order valence-corrected chi connectivity index (χ4v) is 3.41. The first-order valence-electron chi connectivity index (χ1n) is 8.89. The third-order valence-corrected chi connectivity index (χ3v) is 4.73. The number of carbonyl (C=O) groups excluding carboxylic acids is 1. The van der Waals surface area contributed by atoms with Crippen LogP contribution in [0.5, 0.6) is 0 Å². The smallest absolute Gasteiger partial charge is 0.255 e. The molecule has 2 aromatic heterocycles. The highest BCUT2D eigenvalue weighted by molar-refractivity contribution is 6.04. The van der Waals surface area contributed by atoms with Gasteiger partial charge in [0.1, 0.15) is 5.76 Å². The van der Waals surface area contributed by atoms with Crippen LogP contribution in [-0.4, -0.2) is 10.9 Å². The molecule has 5 nitrogen and oxygen atoms in total. The van der Waals surface area contributed by atoms with Gasteiger partial charge >= 0.3 is 0 Å². The van der Waals surface area contributed by atoms with E-state index < -0.39 is 0 Å². The number of carbonyl (C=O) groups is 1. The van der Waals surface area contributed by atoms with Crippen molar-refractivity contribution in [3.8, 4) is 0 Å². The van der Waals surface area contributed by atoms with Gasteiger partial charge in [-0.05, 0) is 48.7 Å². The minimum absolute atomic E-state index is 0.132. The van der Waals surface area contributed by atoms with Crippen LogP contribution in [0.25, 0.3) is 0 Å². The Morgan fingerprint density at radius 1 is 1.19 bits per heavy atom. The lowest BCUT2D eigenvalue weighted by atomic mass is 9.93. The molecular formula is C21H21N3O2. The van der Waals surface area contributed by atoms with Gasteiger partial charge in [0.25, 0.3) is 5.91 Å². The monoisotopic (exact) mass is 347 g/mol. The van der Waals surface area contributed by atoms with Crippen LogP contribution in [0.15, 0.2) is 65.5 Å². The summed E-state index contributed by atoms with van der Waals surface area (Å²) in [6.45, 7) is 0.744. The molecule has 0 spiro atoms. The highest BCUT2D eigenvalue weighted by Gasteiger charge is 2.21. The maximum Gasteiger partial charge on any atom is 0.255 e. The van der Waals surface area contributed by atoms with Gasteiger partial charge < -0.3 is 15.1 Å². The number of nitrogens with one attached hydrogen (secondary N) is 2. The van der Waals surface area contributed by atoms with Gasteiger partial charge in [-0.25, -0.2) is 0 Å². The average Bonchev–Trinajstić information content (AvgIpc) is 3.17. The van der Waals surface area contributed by atoms with Gasteiger partial charge in [0.15, 0.2) is 0 Å². The largest absolute Gasteiger partial charge is 0.469 e. The summed E-state index contributed by atoms with van der Waals surface area (Å²) < 4.78 is 5.55. The van der Waals surface area contributed by atoms with Crippen molar-refractivity contribution >= 4 is 11.6 Å². The van der Waals surface area contributed by atoms with Crippen molar-refractivity contribution < 1.29 is 9.21 Å². The molecule has 0 fully saturated rings. The molecule has 4 rings (SSSR count). The molecule has 1 aliphatic rings. The van der Waals surface area contributed by atoms with E-state index in [2.05, 4.69) is 27.8 Å². The number of benzene rings is 1. The van der Waals surface area contributed by atoms with Gasteiger partial charge in [0.2, 0.25) is 0 Å². The molecule has 3 aromatic rings. The maximum atomic E-state index is 12.3. The molecule has 132 valence electrons. The minimum Gasteiger partial charge on any atom is -0.469 e. The normalized spacial score (nSPS) is 16.1. The van der Waals surface area contributed by atoms with Crippen molar-refractivity contribution in [3.63, 3.8) is 0 Å². The highest BCUT2D eigenvalue weighted by Crippen LogP contribution is 2.30. The van der Waals surface area contributed by atoms with E-state index in [-0.39, 0.29) is 5.91 Å². The molecule has 0 bridgehead atoms. The fourth-order valence-electron chi connectivity index (χ4n) is 3.41. The van der Waals surface area contributed by atoms with Gasteiger partial charge in [0.05, 0.1) is 6.26 Å². The molecule has 0 aliphatic heterocycles. The number of pyridine rings is 1. The van der Waals surface area contributed by atoms with E-state index in [0.29, 0.717) is 11.6 Å². The van der Waals surface area contributed by atoms with Crippen LogP contribution in [0.1, 0.15) is 46.1 Å². The Labute approximate surface area is 152 Å². The van der Waals surface area contributed by atoms with Crippen molar-refractivity contribution in [2.24, 2.45) is 0 Å². The van der Waals surface area contributed by atoms with Crippen molar-refractivity contribution in [2.45, 2.75) is 31.8 Å². The summed E-state index contributed by atoms with van der Waals surface area (Å²) in [7, 11) is 0. The van der Waals surface area contributed by atoms with Crippen LogP contribution in [0.3, 0.4) is 0 Å². The summed E-state index contributed by atoms with van der Waals surface area (Å²) in [4.78, 5) is 16.2. The number of fused-ring (bicyclic) bond motifs is 1. The molecule has 0 saturated carbocycles. The second-order valence-corrected chi connectivity index (χ2v) is 6.52. The molecule has 1 atom stereocenters. The van der Waals surface area contributed by atoms with Crippen LogP contribution in [-0.2, 0) is 13.0 Å². The number of anilines is 1. The molecule has 0 unspecified atom stereocenters. The SMILES string of the molecule is O=C(Nc1cccc(CN[C@H]2CCCc3occc32)c1)c1ccncc1. The van der Waals surface area contributed by atoms with E-state index in [9.17, 15) is 4.79 Å². The number of furan rings is 1. The molecule has 26 heavy (non-hydrogen) atoms. The molecule has 0 radical (unpaired) electrons. The maximum absolute atomic E-state index is 12.3. The lowest BCUT2D eigenvalue weighted by molar-refractivity contribution is 0.102. The minimum atomic E-state index is -0.132. The molecule has 1 aliphatic carbocycles. The molecule has 2 heterocycles. The number of rotatable bonds is 5. The number of aromatic nitrogens is 1. The Morgan fingerprint density at radius 2 is 2.08 bits per heavy atom. The number of aryl methyl sites for hydroxylation is 1. The second kappa shape index (κ2) is 7.54. The van der Waals surface area contributed by atoms with E-state index in [0.717, 1.165) is 42.8 Å². The lowest BCUT2D eigenvalue weighted by Crippen LogP contribution is -2.24. The Hall–Kier alpha value is -2.92. The Balaban J connectivity index is 1.40. The van der Waals surface area contributed by atoms with E-state index in [1.54, 1.807) is 30.8 Å². The van der Waals surface area contributed by atoms with Crippen LogP contribution >= 0.6 is 0 Å². The number of amides is 1. The van der Waals surface area contributed by atoms with Crippen molar-refractivity contribution in [3.05, 3.63) is 83.6 Å². The Bertz CT molecular complexity index is 889. The van der Waals surface area contributed by atoms with E-state index in [4.69, 9.17) is 4.42 Å². The summed E-state index contributed by atoms with van der Waals surface area (Å²) in [5.74, 6) is 0.972. The summed E-state index contributed by atoms with van der Waals surface area (Å²) in [6.07, 6.45) is 8.29. The number of nitrogens with zero attached hydrogens (tertiary/aromatic N) is 1. The predicted molar refractivity (Wildman–Crippen MR) is 99.9 cm³/mol. The molecule has 1 aromatic carbocycles. The topological polar surface area (TPSA) is 67.2 Å². The number of hydrogen-bond donors (Lipinski definition) is 2. The molecule has 1 amide bonds. The summed E-state index contributed by atoms with van der Waals surface area (Å²) in [5, 5.41) is 6.55. The van der Waals surface area contributed by atoms with Crippen molar-refractivity contribution in [1.82, 2.24) is 10.3 Å². The summed E-state index contributed by atoms with van der Waals surface area (Å²) in [5.41, 5.74) is 3.79. The average molecular weight is 347 g/mol. The third kappa shape index (κ3) is 3.68. The van der Waals surface area contributed by atoms with Crippen molar-refractivity contribution in [2.75, 3.05) is 5.32 Å². The summed E-state index contributed by atoms with van der Waals surface area (Å²) in [6, 6.07) is 13.7. The quantitative estimate of drug-likeness (QED) is 0.729. The zero-order valence-electron chi connectivity index (χ0n) is 14.4. The predicted octanol–water partition coefficient (Wildman–Crippen LogP) is 4.09. The first kappa shape index (κ1) is 16.5. The molecule has 5 heteroatoms. The zero-order chi connectivity index (χ0) is 17.8. The first-order valence-corrected chi connectivity index (χ1v) is 8.89. The molecule has 2 N–H and O–H groups in total. The van der Waals surface area contributed by atoms with Crippen LogP contribution in [0, 0.1) is 0 Å². The van der Waals surface area contributed by atoms with Gasteiger partial charge in [-0.3, -0.25) is 9.78 Å². The van der Waals surface area contributed by atoms with E-state index >= 15 is 0 Å². The zero-order valence-corrected chi connectivity index (χ0v) is 14.4. The summed E-state index contributed by atoms with van der Waals surface area (Å²) >= 11 is 0. The Kier molecular flexibility index (Phi) is 4.80. The van der Waals surface area contributed by atoms with Crippen LogP contribution < -0.4 is 10.6 Å². The lowest BCUT2D eigenvalue weighted by Gasteiger charge is -2.23. The fraction of sp³-hybridized carbons (Fsp3) is 0.238. The molecule has 0 saturated heterocycles. The van der Waals surface area contributed by atoms with Gasteiger partial charge in [-0.15, -0.1) is 0 Å². The van der Waals surface area contributed by atoms with Gasteiger partial charge in [-0.2, -0.15) is 0 Å². The Morgan fingerprint density at radius 3 is 2.96 bits per heavy atom. The van der Waals surface area contributed by atoms with Crippen molar-refractivity contribution in [1.29, 1.82) is 0 Å². The standard InChI is InChI=1S/C21H21N3O2/c25-21(16-7-10-22-11-8-16)24-17-4-1-3-15(13-17)14-23-19-5-2-6-20-18(19)9-12-26-20/h1,3-4,7-13,19,23H,2,5-6,14H2,(H,24,25)/t19-/m0/s1. The first-order chi connectivity index (χ1) is 12.8. The third-order valence-electron chi connectivity index (χ3n) is 4.73. The van der Waals surface area contributed by atoms with E-state index in [1.807, 2.05) is 18.2 Å². The van der Waals surface area contributed by atoms with Gasteiger partial charge in [0, 0.05) is 48.2 Å². The van der Waals surface area contributed by atoms with Gasteiger partial charge in [-0.1, -0.05) is 12.1 Å². The second-order valence-electron chi connectivity index (χ2n) is 6.52. The van der Waals surface area contributed by atoms with Crippen LogP contribution in [0.2, 0.25) is 0 Å². The molecular weight excluding hydrogens is 326 g/mol.